The molecule has 5 N–H and O–H groups in total. The van der Waals surface area contributed by atoms with Crippen LogP contribution < -0.4 is 5.32 Å². The van der Waals surface area contributed by atoms with Crippen molar-refractivity contribution in [1.82, 2.24) is 10.2 Å². The third-order valence-electron chi connectivity index (χ3n) is 4.32. The summed E-state index contributed by atoms with van der Waals surface area (Å²) in [4.78, 5) is 24.1. The highest BCUT2D eigenvalue weighted by Gasteiger charge is 2.24. The van der Waals surface area contributed by atoms with Crippen LogP contribution in [0.2, 0.25) is 0 Å². The summed E-state index contributed by atoms with van der Waals surface area (Å²) in [6.07, 6.45) is -0.269. The van der Waals surface area contributed by atoms with Gasteiger partial charge in [0.2, 0.25) is 0 Å². The molecule has 0 bridgehead atoms. The van der Waals surface area contributed by atoms with Crippen LogP contribution in [-0.2, 0) is 22.7 Å². The fraction of sp³-hybridized carbons (Fsp3) is 0.300. The van der Waals surface area contributed by atoms with Gasteiger partial charge in [0.1, 0.15) is 11.5 Å². The molecule has 0 amide bonds. The van der Waals surface area contributed by atoms with Crippen LogP contribution in [0.5, 0.6) is 11.5 Å². The van der Waals surface area contributed by atoms with E-state index >= 15 is 0 Å². The van der Waals surface area contributed by atoms with Gasteiger partial charge in [-0.3, -0.25) is 14.5 Å². The number of rotatable bonds is 11. The molecule has 8 heteroatoms. The van der Waals surface area contributed by atoms with Gasteiger partial charge in [-0.05, 0) is 12.1 Å². The minimum absolute atomic E-state index is 0.0223. The van der Waals surface area contributed by atoms with Crippen LogP contribution in [0.3, 0.4) is 0 Å². The van der Waals surface area contributed by atoms with Crippen LogP contribution >= 0.6 is 0 Å². The van der Waals surface area contributed by atoms with Crippen molar-refractivity contribution in [3.05, 3.63) is 59.7 Å². The highest BCUT2D eigenvalue weighted by molar-refractivity contribution is 5.70. The first kappa shape index (κ1) is 21.2. The van der Waals surface area contributed by atoms with E-state index in [1.54, 1.807) is 42.5 Å². The topological polar surface area (TPSA) is 130 Å². The zero-order valence-corrected chi connectivity index (χ0v) is 15.3. The van der Waals surface area contributed by atoms with E-state index in [-0.39, 0.29) is 37.6 Å². The third kappa shape index (κ3) is 6.57. The molecule has 0 aliphatic heterocycles. The second kappa shape index (κ2) is 10.3. The number of hydrogen-bond acceptors (Lipinski definition) is 6. The summed E-state index contributed by atoms with van der Waals surface area (Å²) in [5, 5.41) is 41.4. The number of benzene rings is 2. The van der Waals surface area contributed by atoms with Gasteiger partial charge in [-0.25, -0.2) is 0 Å². The molecule has 0 heterocycles. The molecule has 0 aliphatic rings. The fourth-order valence-electron chi connectivity index (χ4n) is 2.92. The number of carbonyl (C=O) groups is 2. The normalized spacial score (nSPS) is 12.0. The maximum Gasteiger partial charge on any atom is 0.317 e. The Balaban J connectivity index is 2.12. The van der Waals surface area contributed by atoms with Gasteiger partial charge in [0.05, 0.1) is 13.0 Å². The van der Waals surface area contributed by atoms with Gasteiger partial charge in [-0.1, -0.05) is 36.4 Å². The maximum atomic E-state index is 11.3. The van der Waals surface area contributed by atoms with Gasteiger partial charge in [-0.2, -0.15) is 0 Å². The Morgan fingerprint density at radius 3 is 2.00 bits per heavy atom. The van der Waals surface area contributed by atoms with Crippen molar-refractivity contribution in [1.29, 1.82) is 0 Å². The van der Waals surface area contributed by atoms with Gasteiger partial charge in [0.15, 0.2) is 0 Å². The predicted molar refractivity (Wildman–Crippen MR) is 102 cm³/mol. The molecule has 0 saturated heterocycles. The van der Waals surface area contributed by atoms with E-state index in [1.165, 1.54) is 11.0 Å². The molecule has 0 radical (unpaired) electrons. The third-order valence-corrected chi connectivity index (χ3v) is 4.32. The van der Waals surface area contributed by atoms with E-state index in [0.717, 1.165) is 0 Å². The summed E-state index contributed by atoms with van der Waals surface area (Å²) in [5.41, 5.74) is 1.17. The number of carboxylic acids is 2. The number of phenols is 2. The zero-order chi connectivity index (χ0) is 20.5. The van der Waals surface area contributed by atoms with Crippen molar-refractivity contribution in [2.24, 2.45) is 0 Å². The van der Waals surface area contributed by atoms with E-state index < -0.39 is 18.0 Å². The SMILES string of the molecule is O=C(O)CC(CNCc1ccccc1O)N(CC(=O)O)Cc1ccccc1O. The lowest BCUT2D eigenvalue weighted by Crippen LogP contribution is -2.45. The number of para-hydroxylation sites is 2. The molecule has 1 atom stereocenters. The fourth-order valence-corrected chi connectivity index (χ4v) is 2.92. The second-order valence-corrected chi connectivity index (χ2v) is 6.44. The Bertz CT molecular complexity index is 811. The molecule has 2 rings (SSSR count). The molecule has 150 valence electrons. The molecule has 0 aromatic heterocycles. The minimum atomic E-state index is -1.09. The molecular formula is C20H24N2O6. The van der Waals surface area contributed by atoms with Crippen LogP contribution in [-0.4, -0.2) is 56.4 Å². The van der Waals surface area contributed by atoms with Gasteiger partial charge < -0.3 is 25.7 Å². The number of nitrogens with zero attached hydrogens (tertiary/aromatic N) is 1. The first-order chi connectivity index (χ1) is 13.4. The van der Waals surface area contributed by atoms with E-state index in [9.17, 15) is 30.0 Å². The smallest absolute Gasteiger partial charge is 0.317 e. The Morgan fingerprint density at radius 1 is 0.893 bits per heavy atom. The Labute approximate surface area is 162 Å². The molecule has 2 aromatic carbocycles. The van der Waals surface area contributed by atoms with Crippen molar-refractivity contribution in [3.8, 4) is 11.5 Å². The van der Waals surface area contributed by atoms with Gasteiger partial charge >= 0.3 is 11.9 Å². The Morgan fingerprint density at radius 2 is 1.46 bits per heavy atom. The van der Waals surface area contributed by atoms with Crippen molar-refractivity contribution in [2.45, 2.75) is 25.6 Å². The highest BCUT2D eigenvalue weighted by atomic mass is 16.4. The van der Waals surface area contributed by atoms with E-state index in [1.807, 2.05) is 0 Å². The number of hydrogen-bond donors (Lipinski definition) is 5. The van der Waals surface area contributed by atoms with Crippen LogP contribution in [0.25, 0.3) is 0 Å². The minimum Gasteiger partial charge on any atom is -0.508 e. The van der Waals surface area contributed by atoms with Crippen LogP contribution in [0.4, 0.5) is 0 Å². The second-order valence-electron chi connectivity index (χ2n) is 6.44. The number of nitrogens with one attached hydrogen (secondary N) is 1. The molecule has 0 fully saturated rings. The number of aliphatic carboxylic acids is 2. The zero-order valence-electron chi connectivity index (χ0n) is 15.3. The molecule has 28 heavy (non-hydrogen) atoms. The number of carboxylic acid groups (broad SMARTS) is 2. The standard InChI is InChI=1S/C20H24N2O6/c23-17-7-3-1-5-14(17)10-21-11-16(9-19(25)26)22(13-20(27)28)12-15-6-2-4-8-18(15)24/h1-8,16,21,23-24H,9-13H2,(H,25,26)(H,27,28). The quantitative estimate of drug-likeness (QED) is 0.393. The highest BCUT2D eigenvalue weighted by Crippen LogP contribution is 2.20. The van der Waals surface area contributed by atoms with Gasteiger partial charge in [-0.15, -0.1) is 0 Å². The maximum absolute atomic E-state index is 11.3. The van der Waals surface area contributed by atoms with Crippen molar-refractivity contribution < 1.29 is 30.0 Å². The summed E-state index contributed by atoms with van der Waals surface area (Å²) in [5.74, 6) is -2.00. The summed E-state index contributed by atoms with van der Waals surface area (Å²) < 4.78 is 0. The average Bonchev–Trinajstić information content (AvgIpc) is 2.63. The molecule has 8 nitrogen and oxygen atoms in total. The monoisotopic (exact) mass is 388 g/mol. The largest absolute Gasteiger partial charge is 0.508 e. The Kier molecular flexibility index (Phi) is 7.79. The summed E-state index contributed by atoms with van der Waals surface area (Å²) in [6, 6.07) is 12.7. The predicted octanol–water partition coefficient (Wildman–Crippen LogP) is 1.62. The molecule has 0 spiro atoms. The Hall–Kier alpha value is -3.10. The summed E-state index contributed by atoms with van der Waals surface area (Å²) >= 11 is 0. The van der Waals surface area contributed by atoms with Crippen molar-refractivity contribution in [3.63, 3.8) is 0 Å². The van der Waals surface area contributed by atoms with Gasteiger partial charge in [0.25, 0.3) is 0 Å². The number of aromatic hydroxyl groups is 2. The summed E-state index contributed by atoms with van der Waals surface area (Å²) in [7, 11) is 0. The molecule has 0 saturated carbocycles. The lowest BCUT2D eigenvalue weighted by molar-refractivity contribution is -0.142. The van der Waals surface area contributed by atoms with Crippen molar-refractivity contribution >= 4 is 11.9 Å². The van der Waals surface area contributed by atoms with E-state index in [0.29, 0.717) is 17.7 Å². The average molecular weight is 388 g/mol. The van der Waals surface area contributed by atoms with Crippen LogP contribution in [0.1, 0.15) is 17.5 Å². The summed E-state index contributed by atoms with van der Waals surface area (Å²) in [6.45, 7) is 0.224. The van der Waals surface area contributed by atoms with Crippen LogP contribution in [0, 0.1) is 0 Å². The molecular weight excluding hydrogens is 364 g/mol. The number of phenolic OH excluding ortho intramolecular Hbond substituents is 2. The van der Waals surface area contributed by atoms with E-state index in [4.69, 9.17) is 0 Å². The molecule has 1 unspecified atom stereocenters. The first-order valence-corrected chi connectivity index (χ1v) is 8.79. The first-order valence-electron chi connectivity index (χ1n) is 8.79. The van der Waals surface area contributed by atoms with E-state index in [2.05, 4.69) is 5.32 Å². The van der Waals surface area contributed by atoms with Crippen molar-refractivity contribution in [2.75, 3.05) is 13.1 Å². The molecule has 0 aliphatic carbocycles. The lowest BCUT2D eigenvalue weighted by Gasteiger charge is -2.30. The molecule has 2 aromatic rings. The van der Waals surface area contributed by atoms with Crippen LogP contribution in [0.15, 0.2) is 48.5 Å². The van der Waals surface area contributed by atoms with Gasteiger partial charge in [0, 0.05) is 36.8 Å². The lowest BCUT2D eigenvalue weighted by atomic mass is 10.1.